The van der Waals surface area contributed by atoms with Gasteiger partial charge in [-0.1, -0.05) is 0 Å². The van der Waals surface area contributed by atoms with Crippen LogP contribution in [-0.4, -0.2) is 14.5 Å². The van der Waals surface area contributed by atoms with Crippen LogP contribution in [0.3, 0.4) is 0 Å². The highest BCUT2D eigenvalue weighted by molar-refractivity contribution is 14.1. The van der Waals surface area contributed by atoms with Crippen molar-refractivity contribution in [3.63, 3.8) is 0 Å². The summed E-state index contributed by atoms with van der Waals surface area (Å²) < 4.78 is 15.7. The van der Waals surface area contributed by atoms with Gasteiger partial charge in [-0.2, -0.15) is 0 Å². The first-order valence-corrected chi connectivity index (χ1v) is 8.85. The van der Waals surface area contributed by atoms with Crippen molar-refractivity contribution in [1.82, 2.24) is 14.5 Å². The number of nitrogens with zero attached hydrogens (tertiary/aromatic N) is 3. The van der Waals surface area contributed by atoms with Gasteiger partial charge < -0.3 is 5.32 Å². The smallest absolute Gasteiger partial charge is 0.267 e. The fraction of sp³-hybridized carbons (Fsp3) is 0. The van der Waals surface area contributed by atoms with E-state index in [1.165, 1.54) is 16.7 Å². The second-order valence-corrected chi connectivity index (χ2v) is 6.83. The van der Waals surface area contributed by atoms with Crippen molar-refractivity contribution >= 4 is 45.1 Å². The Hall–Kier alpha value is -2.81. The predicted molar refractivity (Wildman–Crippen MR) is 108 cm³/mol. The number of rotatable bonds is 3. The molecule has 0 aliphatic heterocycles. The summed E-state index contributed by atoms with van der Waals surface area (Å²) in [5.41, 5.74) is 1.57. The van der Waals surface area contributed by atoms with Crippen LogP contribution in [0.1, 0.15) is 0 Å². The third-order valence-electron chi connectivity index (χ3n) is 3.83. The van der Waals surface area contributed by atoms with Gasteiger partial charge in [-0.15, -0.1) is 0 Å². The first kappa shape index (κ1) is 16.6. The molecule has 4 rings (SSSR count). The molecule has 0 saturated carbocycles. The third kappa shape index (κ3) is 3.17. The van der Waals surface area contributed by atoms with Crippen LogP contribution < -0.4 is 10.9 Å². The molecule has 0 fully saturated rings. The Morgan fingerprint density at radius 3 is 2.62 bits per heavy atom. The lowest BCUT2D eigenvalue weighted by atomic mass is 10.2. The average molecular weight is 458 g/mol. The van der Waals surface area contributed by atoms with E-state index < -0.39 is 0 Å². The van der Waals surface area contributed by atoms with Gasteiger partial charge in [0.1, 0.15) is 5.82 Å². The molecular formula is C19H12FIN4O. The summed E-state index contributed by atoms with van der Waals surface area (Å²) in [5.74, 6) is -0.0322. The predicted octanol–water partition coefficient (Wildman–Crippen LogP) is 4.27. The lowest BCUT2D eigenvalue weighted by molar-refractivity contribution is 0.627. The van der Waals surface area contributed by atoms with E-state index in [4.69, 9.17) is 0 Å². The maximum absolute atomic E-state index is 13.3. The molecule has 4 aromatic rings. The lowest BCUT2D eigenvalue weighted by Crippen LogP contribution is -2.23. The summed E-state index contributed by atoms with van der Waals surface area (Å²) in [4.78, 5) is 21.8. The normalized spacial score (nSPS) is 10.8. The van der Waals surface area contributed by atoms with Crippen molar-refractivity contribution in [3.8, 4) is 5.69 Å². The van der Waals surface area contributed by atoms with Gasteiger partial charge in [-0.05, 0) is 77.2 Å². The fourth-order valence-corrected chi connectivity index (χ4v) is 3.13. The highest BCUT2D eigenvalue weighted by atomic mass is 127. The van der Waals surface area contributed by atoms with Crippen molar-refractivity contribution < 1.29 is 4.39 Å². The lowest BCUT2D eigenvalue weighted by Gasteiger charge is -2.15. The van der Waals surface area contributed by atoms with Crippen LogP contribution in [0.5, 0.6) is 0 Å². The Morgan fingerprint density at radius 1 is 1.08 bits per heavy atom. The Labute approximate surface area is 161 Å². The van der Waals surface area contributed by atoms with E-state index in [1.807, 2.05) is 18.2 Å². The molecule has 0 amide bonds. The van der Waals surface area contributed by atoms with Crippen LogP contribution in [0.2, 0.25) is 0 Å². The van der Waals surface area contributed by atoms with Crippen LogP contribution in [0.25, 0.3) is 16.6 Å². The highest BCUT2D eigenvalue weighted by Crippen LogP contribution is 2.21. The maximum Gasteiger partial charge on any atom is 0.267 e. The van der Waals surface area contributed by atoms with Crippen LogP contribution in [0, 0.1) is 9.39 Å². The summed E-state index contributed by atoms with van der Waals surface area (Å²) >= 11 is 2.15. The van der Waals surface area contributed by atoms with Gasteiger partial charge in [-0.3, -0.25) is 9.78 Å². The van der Waals surface area contributed by atoms with E-state index in [0.29, 0.717) is 28.2 Å². The van der Waals surface area contributed by atoms with Gasteiger partial charge >= 0.3 is 0 Å². The monoisotopic (exact) mass is 458 g/mol. The number of hydrogen-bond donors (Lipinski definition) is 1. The SMILES string of the molecule is O=c1c2cc(I)ccc2nc(Nc2cccnc2)n1-c1ccc(F)cc1. The molecule has 0 bridgehead atoms. The van der Waals surface area contributed by atoms with Crippen molar-refractivity contribution in [3.05, 3.63) is 86.7 Å². The van der Waals surface area contributed by atoms with E-state index in [1.54, 1.807) is 36.7 Å². The molecule has 2 aromatic carbocycles. The first-order valence-electron chi connectivity index (χ1n) is 7.77. The molecule has 0 unspecified atom stereocenters. The minimum atomic E-state index is -0.369. The zero-order valence-electron chi connectivity index (χ0n) is 13.4. The van der Waals surface area contributed by atoms with Crippen LogP contribution in [0.4, 0.5) is 16.0 Å². The topological polar surface area (TPSA) is 59.8 Å². The Balaban J connectivity index is 1.98. The summed E-state index contributed by atoms with van der Waals surface area (Å²) in [6, 6.07) is 14.8. The zero-order chi connectivity index (χ0) is 18.1. The standard InChI is InChI=1S/C19H12FIN4O/c20-12-3-6-15(7-4-12)25-18(26)16-10-13(21)5-8-17(16)24-19(25)23-14-2-1-9-22-11-14/h1-11H,(H,23,24). The number of benzene rings is 2. The van der Waals surface area contributed by atoms with Gasteiger partial charge in [-0.25, -0.2) is 13.9 Å². The molecule has 128 valence electrons. The number of aromatic nitrogens is 3. The van der Waals surface area contributed by atoms with E-state index in [-0.39, 0.29) is 11.4 Å². The van der Waals surface area contributed by atoms with Gasteiger partial charge in [0.25, 0.3) is 5.56 Å². The third-order valence-corrected chi connectivity index (χ3v) is 4.50. The zero-order valence-corrected chi connectivity index (χ0v) is 15.5. The first-order chi connectivity index (χ1) is 12.6. The molecule has 7 heteroatoms. The molecule has 0 aliphatic carbocycles. The Bertz CT molecular complexity index is 1140. The van der Waals surface area contributed by atoms with Gasteiger partial charge in [0.05, 0.1) is 28.5 Å². The number of anilines is 2. The Kier molecular flexibility index (Phi) is 4.37. The van der Waals surface area contributed by atoms with Crippen LogP contribution >= 0.6 is 22.6 Å². The van der Waals surface area contributed by atoms with Crippen molar-refractivity contribution in [2.24, 2.45) is 0 Å². The number of halogens is 2. The van der Waals surface area contributed by atoms with E-state index in [0.717, 1.165) is 3.57 Å². The molecule has 0 saturated heterocycles. The van der Waals surface area contributed by atoms with Crippen molar-refractivity contribution in [1.29, 1.82) is 0 Å². The van der Waals surface area contributed by atoms with Gasteiger partial charge in [0.15, 0.2) is 0 Å². The summed E-state index contributed by atoms with van der Waals surface area (Å²) in [6.07, 6.45) is 3.30. The number of hydrogen-bond acceptors (Lipinski definition) is 4. The molecule has 0 atom stereocenters. The molecule has 1 N–H and O–H groups in total. The summed E-state index contributed by atoms with van der Waals surface area (Å²) in [7, 11) is 0. The molecule has 0 aliphatic rings. The quantitative estimate of drug-likeness (QED) is 0.466. The molecule has 26 heavy (non-hydrogen) atoms. The highest BCUT2D eigenvalue weighted by Gasteiger charge is 2.13. The molecule has 0 radical (unpaired) electrons. The maximum atomic E-state index is 13.3. The van der Waals surface area contributed by atoms with Gasteiger partial charge in [0, 0.05) is 9.77 Å². The summed E-state index contributed by atoms with van der Waals surface area (Å²) in [5, 5.41) is 3.63. The molecule has 2 heterocycles. The minimum absolute atomic E-state index is 0.230. The largest absolute Gasteiger partial charge is 0.324 e. The van der Waals surface area contributed by atoms with Crippen molar-refractivity contribution in [2.75, 3.05) is 5.32 Å². The van der Waals surface area contributed by atoms with Gasteiger partial charge in [0.2, 0.25) is 5.95 Å². The minimum Gasteiger partial charge on any atom is -0.324 e. The summed E-state index contributed by atoms with van der Waals surface area (Å²) in [6.45, 7) is 0. The van der Waals surface area contributed by atoms with Crippen LogP contribution in [-0.2, 0) is 0 Å². The van der Waals surface area contributed by atoms with E-state index in [9.17, 15) is 9.18 Å². The molecular weight excluding hydrogens is 446 g/mol. The second-order valence-electron chi connectivity index (χ2n) is 5.58. The average Bonchev–Trinajstić information content (AvgIpc) is 2.65. The van der Waals surface area contributed by atoms with Crippen LogP contribution in [0.15, 0.2) is 71.8 Å². The second kappa shape index (κ2) is 6.83. The molecule has 0 spiro atoms. The van der Waals surface area contributed by atoms with E-state index >= 15 is 0 Å². The van der Waals surface area contributed by atoms with Crippen molar-refractivity contribution in [2.45, 2.75) is 0 Å². The fourth-order valence-electron chi connectivity index (χ4n) is 2.64. The number of pyridine rings is 1. The Morgan fingerprint density at radius 2 is 1.88 bits per heavy atom. The number of nitrogens with one attached hydrogen (secondary N) is 1. The molecule has 5 nitrogen and oxygen atoms in total. The molecule has 2 aromatic heterocycles. The number of fused-ring (bicyclic) bond motifs is 1. The van der Waals surface area contributed by atoms with E-state index in [2.05, 4.69) is 37.9 Å².